The Hall–Kier alpha value is -1.97. The summed E-state index contributed by atoms with van der Waals surface area (Å²) < 4.78 is 0. The topological polar surface area (TPSA) is 49.1 Å². The number of aliphatic imine (C=N–C) groups is 3. The van der Waals surface area contributed by atoms with Crippen LogP contribution in [0.5, 0.6) is 0 Å². The Morgan fingerprint density at radius 1 is 0.696 bits per heavy atom. The SMILES string of the molecule is C1=C2CCC(=N2)/C=C2/CC/C(=C/C3=NC(CC3)C3CCC1=N3)N2. The Labute approximate surface area is 136 Å². The van der Waals surface area contributed by atoms with Gasteiger partial charge in [-0.1, -0.05) is 0 Å². The van der Waals surface area contributed by atoms with Crippen LogP contribution in [0.1, 0.15) is 51.4 Å². The van der Waals surface area contributed by atoms with Crippen LogP contribution in [-0.2, 0) is 0 Å². The third-order valence-corrected chi connectivity index (χ3v) is 5.42. The predicted molar refractivity (Wildman–Crippen MR) is 94.2 cm³/mol. The van der Waals surface area contributed by atoms with Crippen molar-refractivity contribution in [2.45, 2.75) is 63.5 Å². The molecule has 4 nitrogen and oxygen atoms in total. The first-order chi connectivity index (χ1) is 11.3. The molecule has 118 valence electrons. The van der Waals surface area contributed by atoms with Crippen LogP contribution in [0, 0.1) is 0 Å². The van der Waals surface area contributed by atoms with Crippen molar-refractivity contribution in [1.29, 1.82) is 0 Å². The lowest BCUT2D eigenvalue weighted by molar-refractivity contribution is 0.527. The van der Waals surface area contributed by atoms with Gasteiger partial charge >= 0.3 is 0 Å². The number of hydrogen-bond donors (Lipinski definition) is 1. The van der Waals surface area contributed by atoms with Crippen LogP contribution in [0.4, 0.5) is 0 Å². The lowest BCUT2D eigenvalue weighted by atomic mass is 10.0. The second-order valence-corrected chi connectivity index (χ2v) is 7.16. The van der Waals surface area contributed by atoms with Gasteiger partial charge in [0.25, 0.3) is 0 Å². The molecule has 23 heavy (non-hydrogen) atoms. The van der Waals surface area contributed by atoms with Crippen molar-refractivity contribution in [2.75, 3.05) is 0 Å². The molecule has 5 aliphatic rings. The van der Waals surface area contributed by atoms with Crippen molar-refractivity contribution >= 4 is 17.1 Å². The molecule has 0 saturated carbocycles. The number of fused-ring (bicyclic) bond motifs is 6. The van der Waals surface area contributed by atoms with Crippen LogP contribution in [-0.4, -0.2) is 29.2 Å². The van der Waals surface area contributed by atoms with Crippen molar-refractivity contribution in [3.05, 3.63) is 35.3 Å². The highest BCUT2D eigenvalue weighted by Gasteiger charge is 2.29. The molecule has 0 amide bonds. The molecule has 0 aliphatic carbocycles. The van der Waals surface area contributed by atoms with E-state index in [1.54, 1.807) is 0 Å². The van der Waals surface area contributed by atoms with E-state index in [0.29, 0.717) is 12.1 Å². The maximum absolute atomic E-state index is 4.97. The average Bonchev–Trinajstić information content (AvgIpc) is 3.28. The maximum Gasteiger partial charge on any atom is 0.0730 e. The maximum atomic E-state index is 4.97. The van der Waals surface area contributed by atoms with Crippen LogP contribution < -0.4 is 5.32 Å². The summed E-state index contributed by atoms with van der Waals surface area (Å²) in [6.45, 7) is 0. The van der Waals surface area contributed by atoms with E-state index >= 15 is 0 Å². The van der Waals surface area contributed by atoms with Gasteiger partial charge in [0.2, 0.25) is 0 Å². The Morgan fingerprint density at radius 3 is 2.09 bits per heavy atom. The van der Waals surface area contributed by atoms with E-state index in [0.717, 1.165) is 51.4 Å². The van der Waals surface area contributed by atoms with Crippen molar-refractivity contribution in [2.24, 2.45) is 15.0 Å². The summed E-state index contributed by atoms with van der Waals surface area (Å²) in [6, 6.07) is 0.778. The van der Waals surface area contributed by atoms with Gasteiger partial charge in [-0.3, -0.25) is 15.0 Å². The van der Waals surface area contributed by atoms with E-state index in [4.69, 9.17) is 15.0 Å². The van der Waals surface area contributed by atoms with Crippen LogP contribution in [0.3, 0.4) is 0 Å². The molecule has 0 aromatic rings. The molecule has 8 bridgehead atoms. The van der Waals surface area contributed by atoms with E-state index in [1.165, 1.54) is 34.2 Å². The van der Waals surface area contributed by atoms with E-state index in [2.05, 4.69) is 23.5 Å². The first-order valence-electron chi connectivity index (χ1n) is 8.91. The highest BCUT2D eigenvalue weighted by atomic mass is 15.0. The van der Waals surface area contributed by atoms with E-state index in [-0.39, 0.29) is 0 Å². The van der Waals surface area contributed by atoms with Gasteiger partial charge < -0.3 is 5.32 Å². The van der Waals surface area contributed by atoms with E-state index in [9.17, 15) is 0 Å². The van der Waals surface area contributed by atoms with Gasteiger partial charge in [0.05, 0.1) is 12.1 Å². The van der Waals surface area contributed by atoms with Gasteiger partial charge in [0, 0.05) is 34.2 Å². The Morgan fingerprint density at radius 2 is 1.35 bits per heavy atom. The first kappa shape index (κ1) is 13.5. The van der Waals surface area contributed by atoms with Gasteiger partial charge in [0.15, 0.2) is 0 Å². The summed E-state index contributed by atoms with van der Waals surface area (Å²) >= 11 is 0. The average molecular weight is 306 g/mol. The zero-order chi connectivity index (χ0) is 15.2. The third kappa shape index (κ3) is 2.60. The smallest absolute Gasteiger partial charge is 0.0730 e. The number of allylic oxidation sites excluding steroid dienone is 6. The third-order valence-electron chi connectivity index (χ3n) is 5.42. The highest BCUT2D eigenvalue weighted by molar-refractivity contribution is 6.01. The number of rotatable bonds is 0. The molecular weight excluding hydrogens is 284 g/mol. The van der Waals surface area contributed by atoms with Gasteiger partial charge in [0.1, 0.15) is 0 Å². The predicted octanol–water partition coefficient (Wildman–Crippen LogP) is 3.48. The summed E-state index contributed by atoms with van der Waals surface area (Å²) in [6.07, 6.45) is 15.6. The zero-order valence-corrected chi connectivity index (χ0v) is 13.4. The minimum Gasteiger partial charge on any atom is -0.362 e. The quantitative estimate of drug-likeness (QED) is 0.732. The summed E-state index contributed by atoms with van der Waals surface area (Å²) in [7, 11) is 0. The molecule has 0 aromatic heterocycles. The fourth-order valence-corrected chi connectivity index (χ4v) is 4.22. The van der Waals surface area contributed by atoms with Crippen LogP contribution in [0.15, 0.2) is 50.3 Å². The largest absolute Gasteiger partial charge is 0.362 e. The number of nitrogens with zero attached hydrogens (tertiary/aromatic N) is 3. The molecule has 5 heterocycles. The van der Waals surface area contributed by atoms with Crippen molar-refractivity contribution in [1.82, 2.24) is 5.32 Å². The molecular formula is C19H22N4. The molecule has 2 unspecified atom stereocenters. The standard InChI is InChI=1S/C19H22N4/c1-3-14-10-16-5-7-18(22-16)19-8-6-17(23-19)11-15-4-2-13(21-15)9-12(1)20-14/h9-11,18-20H,1-8H2/b12-9-,14-10-,15-11?. The zero-order valence-electron chi connectivity index (χ0n) is 13.4. The lowest BCUT2D eigenvalue weighted by Gasteiger charge is -2.11. The second-order valence-electron chi connectivity index (χ2n) is 7.16. The molecule has 1 saturated heterocycles. The van der Waals surface area contributed by atoms with Crippen molar-refractivity contribution in [3.8, 4) is 0 Å². The van der Waals surface area contributed by atoms with Crippen LogP contribution in [0.2, 0.25) is 0 Å². The van der Waals surface area contributed by atoms with Gasteiger partial charge in [-0.25, -0.2) is 0 Å². The van der Waals surface area contributed by atoms with E-state index < -0.39 is 0 Å². The summed E-state index contributed by atoms with van der Waals surface area (Å²) in [5, 5.41) is 3.57. The van der Waals surface area contributed by atoms with Gasteiger partial charge in [-0.05, 0) is 69.6 Å². The van der Waals surface area contributed by atoms with Crippen LogP contribution in [0.25, 0.3) is 0 Å². The van der Waals surface area contributed by atoms with Crippen LogP contribution >= 0.6 is 0 Å². The molecule has 5 aliphatic heterocycles. The molecule has 5 rings (SSSR count). The fourth-order valence-electron chi connectivity index (χ4n) is 4.22. The minimum absolute atomic E-state index is 0.387. The Bertz CT molecular complexity index is 732. The molecule has 0 aromatic carbocycles. The number of hydrogen-bond acceptors (Lipinski definition) is 4. The van der Waals surface area contributed by atoms with E-state index in [1.807, 2.05) is 0 Å². The summed E-state index contributed by atoms with van der Waals surface area (Å²) in [4.78, 5) is 14.7. The lowest BCUT2D eigenvalue weighted by Crippen LogP contribution is -2.17. The molecule has 0 radical (unpaired) electrons. The normalized spacial score (nSPS) is 36.5. The second kappa shape index (κ2) is 5.29. The van der Waals surface area contributed by atoms with Crippen molar-refractivity contribution < 1.29 is 0 Å². The minimum atomic E-state index is 0.387. The monoisotopic (exact) mass is 306 g/mol. The molecule has 4 heteroatoms. The fraction of sp³-hybridized carbons (Fsp3) is 0.526. The first-order valence-corrected chi connectivity index (χ1v) is 8.91. The van der Waals surface area contributed by atoms with Gasteiger partial charge in [-0.2, -0.15) is 0 Å². The molecule has 2 atom stereocenters. The Kier molecular flexibility index (Phi) is 3.10. The molecule has 1 N–H and O–H groups in total. The summed E-state index contributed by atoms with van der Waals surface area (Å²) in [5.41, 5.74) is 7.53. The Balaban J connectivity index is 1.55. The molecule has 1 fully saturated rings. The highest BCUT2D eigenvalue weighted by Crippen LogP contribution is 2.30. The number of nitrogens with one attached hydrogen (secondary N) is 1. The molecule has 0 spiro atoms. The van der Waals surface area contributed by atoms with Gasteiger partial charge in [-0.15, -0.1) is 0 Å². The van der Waals surface area contributed by atoms with Crippen molar-refractivity contribution in [3.63, 3.8) is 0 Å². The summed E-state index contributed by atoms with van der Waals surface area (Å²) in [5.74, 6) is 0.